The second-order valence-electron chi connectivity index (χ2n) is 6.76. The molecule has 7 heteroatoms. The van der Waals surface area contributed by atoms with Crippen LogP contribution in [0.2, 0.25) is 0 Å². The quantitative estimate of drug-likeness (QED) is 0.639. The number of thiazole rings is 1. The third-order valence-electron chi connectivity index (χ3n) is 4.67. The van der Waals surface area contributed by atoms with Crippen LogP contribution in [0.25, 0.3) is 10.2 Å². The number of anilines is 2. The Bertz CT molecular complexity index is 1060. The van der Waals surface area contributed by atoms with E-state index in [2.05, 4.69) is 26.2 Å². The highest BCUT2D eigenvalue weighted by atomic mass is 79.9. The molecule has 1 saturated heterocycles. The first-order chi connectivity index (χ1) is 12.9. The van der Waals surface area contributed by atoms with Gasteiger partial charge in [0.1, 0.15) is 0 Å². The fourth-order valence-corrected chi connectivity index (χ4v) is 4.69. The topological polar surface area (TPSA) is 62.3 Å². The lowest BCUT2D eigenvalue weighted by Crippen LogP contribution is -2.28. The van der Waals surface area contributed by atoms with Gasteiger partial charge < -0.3 is 10.2 Å². The summed E-state index contributed by atoms with van der Waals surface area (Å²) >= 11 is 5.10. The number of rotatable bonds is 3. The summed E-state index contributed by atoms with van der Waals surface area (Å²) < 4.78 is 1.93. The van der Waals surface area contributed by atoms with Crippen molar-refractivity contribution in [3.05, 3.63) is 51.4 Å². The number of hydrogen-bond donors (Lipinski definition) is 1. The van der Waals surface area contributed by atoms with Gasteiger partial charge in [-0.05, 0) is 65.7 Å². The molecule has 0 spiro atoms. The second kappa shape index (κ2) is 7.05. The van der Waals surface area contributed by atoms with Crippen molar-refractivity contribution < 1.29 is 9.59 Å². The molecule has 0 aliphatic carbocycles. The summed E-state index contributed by atoms with van der Waals surface area (Å²) in [5, 5.41) is 3.93. The zero-order valence-electron chi connectivity index (χ0n) is 15.0. The molecule has 2 aromatic carbocycles. The number of nitrogens with one attached hydrogen (secondary N) is 1. The van der Waals surface area contributed by atoms with Crippen LogP contribution >= 0.6 is 27.3 Å². The van der Waals surface area contributed by atoms with Gasteiger partial charge in [-0.2, -0.15) is 0 Å². The third-order valence-corrected chi connectivity index (χ3v) is 6.28. The maximum absolute atomic E-state index is 12.7. The molecule has 1 fully saturated rings. The van der Waals surface area contributed by atoms with Crippen LogP contribution in [0.1, 0.15) is 17.0 Å². The first-order valence-corrected chi connectivity index (χ1v) is 10.3. The highest BCUT2D eigenvalue weighted by Gasteiger charge is 2.35. The van der Waals surface area contributed by atoms with Gasteiger partial charge in [0.25, 0.3) is 0 Å². The first-order valence-electron chi connectivity index (χ1n) is 8.65. The van der Waals surface area contributed by atoms with Gasteiger partial charge in [-0.25, -0.2) is 4.98 Å². The van der Waals surface area contributed by atoms with Crippen LogP contribution in [0, 0.1) is 19.8 Å². The number of aromatic nitrogens is 1. The number of carbonyl (C=O) groups excluding carboxylic acids is 2. The molecule has 27 heavy (non-hydrogen) atoms. The van der Waals surface area contributed by atoms with Crippen molar-refractivity contribution >= 4 is 60.7 Å². The van der Waals surface area contributed by atoms with E-state index in [0.29, 0.717) is 6.54 Å². The largest absolute Gasteiger partial charge is 0.325 e. The molecule has 5 nitrogen and oxygen atoms in total. The van der Waals surface area contributed by atoms with E-state index in [1.54, 1.807) is 16.2 Å². The molecule has 2 amide bonds. The van der Waals surface area contributed by atoms with Crippen molar-refractivity contribution in [2.75, 3.05) is 16.8 Å². The zero-order chi connectivity index (χ0) is 19.1. The normalized spacial score (nSPS) is 16.9. The molecule has 0 radical (unpaired) electrons. The summed E-state index contributed by atoms with van der Waals surface area (Å²) in [5.74, 6) is -0.552. The van der Waals surface area contributed by atoms with Crippen molar-refractivity contribution in [3.63, 3.8) is 0 Å². The van der Waals surface area contributed by atoms with Crippen LogP contribution in [0.15, 0.2) is 40.9 Å². The van der Waals surface area contributed by atoms with E-state index in [1.807, 2.05) is 50.2 Å². The van der Waals surface area contributed by atoms with E-state index in [0.717, 1.165) is 36.6 Å². The molecule has 1 aliphatic rings. The SMILES string of the molecule is Cc1ccc(NC(=O)C2CC(=O)N(c3ccc4sc(C)nc4c3)C2)c(Br)c1. The molecule has 1 atom stereocenters. The fourth-order valence-electron chi connectivity index (χ4n) is 3.29. The Morgan fingerprint density at radius 2 is 2.07 bits per heavy atom. The molecule has 3 aromatic rings. The summed E-state index contributed by atoms with van der Waals surface area (Å²) in [4.78, 5) is 31.4. The maximum Gasteiger partial charge on any atom is 0.229 e. The summed E-state index contributed by atoms with van der Waals surface area (Å²) in [6, 6.07) is 11.6. The van der Waals surface area contributed by atoms with Gasteiger partial charge in [-0.15, -0.1) is 11.3 Å². The molecular weight excluding hydrogens is 426 g/mol. The number of aryl methyl sites for hydroxylation is 2. The molecule has 2 heterocycles. The summed E-state index contributed by atoms with van der Waals surface area (Å²) in [6.07, 6.45) is 0.212. The Hall–Kier alpha value is -2.25. The van der Waals surface area contributed by atoms with Gasteiger partial charge in [0.2, 0.25) is 11.8 Å². The van der Waals surface area contributed by atoms with Crippen LogP contribution in [0.3, 0.4) is 0 Å². The zero-order valence-corrected chi connectivity index (χ0v) is 17.4. The Morgan fingerprint density at radius 3 is 2.85 bits per heavy atom. The van der Waals surface area contributed by atoms with Crippen molar-refractivity contribution in [3.8, 4) is 0 Å². The van der Waals surface area contributed by atoms with Crippen LogP contribution in [0.4, 0.5) is 11.4 Å². The lowest BCUT2D eigenvalue weighted by molar-refractivity contribution is -0.122. The molecule has 4 rings (SSSR count). The molecule has 1 aromatic heterocycles. The number of halogens is 1. The minimum atomic E-state index is -0.376. The minimum Gasteiger partial charge on any atom is -0.325 e. The summed E-state index contributed by atoms with van der Waals surface area (Å²) in [6.45, 7) is 4.34. The Labute approximate surface area is 169 Å². The second-order valence-corrected chi connectivity index (χ2v) is 8.85. The van der Waals surface area contributed by atoms with E-state index in [9.17, 15) is 9.59 Å². The molecule has 1 N–H and O–H groups in total. The first kappa shape index (κ1) is 18.1. The highest BCUT2D eigenvalue weighted by molar-refractivity contribution is 9.10. The standard InChI is InChI=1S/C20H18BrN3O2S/c1-11-3-5-16(15(21)7-11)23-20(26)13-8-19(25)24(10-13)14-4-6-18-17(9-14)22-12(2)27-18/h3-7,9,13H,8,10H2,1-2H3,(H,23,26). The number of carbonyl (C=O) groups is 2. The van der Waals surface area contributed by atoms with Gasteiger partial charge in [0.15, 0.2) is 0 Å². The van der Waals surface area contributed by atoms with E-state index in [-0.39, 0.29) is 24.2 Å². The van der Waals surface area contributed by atoms with Crippen LogP contribution in [0.5, 0.6) is 0 Å². The lowest BCUT2D eigenvalue weighted by atomic mass is 10.1. The van der Waals surface area contributed by atoms with Crippen molar-refractivity contribution in [1.82, 2.24) is 4.98 Å². The van der Waals surface area contributed by atoms with Crippen molar-refractivity contribution in [1.29, 1.82) is 0 Å². The summed E-state index contributed by atoms with van der Waals surface area (Å²) in [5.41, 5.74) is 3.51. The summed E-state index contributed by atoms with van der Waals surface area (Å²) in [7, 11) is 0. The number of amides is 2. The van der Waals surface area contributed by atoms with Crippen LogP contribution in [-0.4, -0.2) is 23.3 Å². The van der Waals surface area contributed by atoms with E-state index in [1.165, 1.54) is 0 Å². The van der Waals surface area contributed by atoms with Crippen LogP contribution in [-0.2, 0) is 9.59 Å². The Morgan fingerprint density at radius 1 is 1.26 bits per heavy atom. The third kappa shape index (κ3) is 3.61. The number of fused-ring (bicyclic) bond motifs is 1. The number of hydrogen-bond acceptors (Lipinski definition) is 4. The van der Waals surface area contributed by atoms with E-state index in [4.69, 9.17) is 0 Å². The molecular formula is C20H18BrN3O2S. The predicted molar refractivity (Wildman–Crippen MR) is 112 cm³/mol. The number of nitrogens with zero attached hydrogens (tertiary/aromatic N) is 2. The Kier molecular flexibility index (Phi) is 4.74. The van der Waals surface area contributed by atoms with E-state index < -0.39 is 0 Å². The molecule has 0 saturated carbocycles. The van der Waals surface area contributed by atoms with Crippen LogP contribution < -0.4 is 10.2 Å². The van der Waals surface area contributed by atoms with Gasteiger partial charge in [-0.1, -0.05) is 6.07 Å². The van der Waals surface area contributed by atoms with Gasteiger partial charge in [-0.3, -0.25) is 9.59 Å². The monoisotopic (exact) mass is 443 g/mol. The van der Waals surface area contributed by atoms with Crippen molar-refractivity contribution in [2.45, 2.75) is 20.3 Å². The van der Waals surface area contributed by atoms with Crippen molar-refractivity contribution in [2.24, 2.45) is 5.92 Å². The maximum atomic E-state index is 12.7. The fraction of sp³-hybridized carbons (Fsp3) is 0.250. The average molecular weight is 444 g/mol. The predicted octanol–water partition coefficient (Wildman–Crippen LogP) is 4.67. The number of benzene rings is 2. The highest BCUT2D eigenvalue weighted by Crippen LogP contribution is 2.31. The Balaban J connectivity index is 1.51. The molecule has 138 valence electrons. The molecule has 1 aliphatic heterocycles. The van der Waals surface area contributed by atoms with Gasteiger partial charge in [0.05, 0.1) is 26.8 Å². The molecule has 1 unspecified atom stereocenters. The lowest BCUT2D eigenvalue weighted by Gasteiger charge is -2.17. The minimum absolute atomic E-state index is 0.0376. The van der Waals surface area contributed by atoms with Gasteiger partial charge in [0, 0.05) is 23.1 Å². The average Bonchev–Trinajstić information content (AvgIpc) is 3.18. The van der Waals surface area contributed by atoms with Gasteiger partial charge >= 0.3 is 0 Å². The van der Waals surface area contributed by atoms with E-state index >= 15 is 0 Å². The smallest absolute Gasteiger partial charge is 0.229 e. The molecule has 0 bridgehead atoms.